The highest BCUT2D eigenvalue weighted by molar-refractivity contribution is 5.55. The van der Waals surface area contributed by atoms with Crippen molar-refractivity contribution in [1.29, 1.82) is 5.26 Å². The molecule has 0 aliphatic carbocycles. The van der Waals surface area contributed by atoms with Crippen molar-refractivity contribution >= 4 is 5.69 Å². The van der Waals surface area contributed by atoms with Crippen molar-refractivity contribution in [3.8, 4) is 6.07 Å². The molecule has 2 aromatic carbocycles. The van der Waals surface area contributed by atoms with Gasteiger partial charge in [-0.1, -0.05) is 36.4 Å². The highest BCUT2D eigenvalue weighted by Gasteiger charge is 2.27. The molecule has 0 fully saturated rings. The Hall–Kier alpha value is -2.41. The molecule has 2 aromatic rings. The van der Waals surface area contributed by atoms with Crippen molar-refractivity contribution in [1.82, 2.24) is 0 Å². The number of alkyl halides is 2. The topological polar surface area (TPSA) is 27.0 Å². The molecule has 0 spiro atoms. The van der Waals surface area contributed by atoms with Gasteiger partial charge >= 0.3 is 0 Å². The Labute approximate surface area is 122 Å². The van der Waals surface area contributed by atoms with Gasteiger partial charge in [0.25, 0.3) is 6.43 Å². The molecule has 0 amide bonds. The molecule has 1 aliphatic heterocycles. The van der Waals surface area contributed by atoms with E-state index in [1.54, 1.807) is 12.1 Å². The first-order chi connectivity index (χ1) is 10.2. The zero-order valence-corrected chi connectivity index (χ0v) is 11.3. The van der Waals surface area contributed by atoms with Crippen LogP contribution in [0.4, 0.5) is 14.5 Å². The lowest BCUT2D eigenvalue weighted by Gasteiger charge is -2.35. The summed E-state index contributed by atoms with van der Waals surface area (Å²) in [5.74, 6) is 0. The van der Waals surface area contributed by atoms with E-state index in [0.717, 1.165) is 17.5 Å². The number of benzene rings is 2. The van der Waals surface area contributed by atoms with Gasteiger partial charge in [-0.25, -0.2) is 8.78 Å². The molecule has 0 N–H and O–H groups in total. The van der Waals surface area contributed by atoms with Gasteiger partial charge in [-0.05, 0) is 29.7 Å². The van der Waals surface area contributed by atoms with Gasteiger partial charge in [-0.15, -0.1) is 0 Å². The highest BCUT2D eigenvalue weighted by Crippen LogP contribution is 2.34. The highest BCUT2D eigenvalue weighted by atomic mass is 19.3. The molecule has 1 atom stereocenters. The predicted molar refractivity (Wildman–Crippen MR) is 77.2 cm³/mol. The molecule has 106 valence electrons. The molecular formula is C17H14F2N2. The van der Waals surface area contributed by atoms with Crippen LogP contribution in [0.2, 0.25) is 0 Å². The van der Waals surface area contributed by atoms with E-state index in [-0.39, 0.29) is 5.56 Å². The van der Waals surface area contributed by atoms with Crippen molar-refractivity contribution in [3.05, 3.63) is 65.2 Å². The average Bonchev–Trinajstić information content (AvgIpc) is 2.53. The maximum Gasteiger partial charge on any atom is 0.263 e. The van der Waals surface area contributed by atoms with Crippen molar-refractivity contribution in [2.24, 2.45) is 0 Å². The molecule has 0 saturated heterocycles. The molecule has 21 heavy (non-hydrogen) atoms. The molecule has 1 unspecified atom stereocenters. The number of rotatable bonds is 2. The number of hydrogen-bond acceptors (Lipinski definition) is 2. The summed E-state index contributed by atoms with van der Waals surface area (Å²) in [4.78, 5) is 1.90. The van der Waals surface area contributed by atoms with Crippen LogP contribution in [0.5, 0.6) is 0 Å². The fourth-order valence-electron chi connectivity index (χ4n) is 2.82. The summed E-state index contributed by atoms with van der Waals surface area (Å²) in [6.45, 7) is 0.655. The van der Waals surface area contributed by atoms with Crippen molar-refractivity contribution in [3.63, 3.8) is 0 Å². The lowest BCUT2D eigenvalue weighted by Crippen LogP contribution is -2.34. The third kappa shape index (κ3) is 2.47. The van der Waals surface area contributed by atoms with Crippen molar-refractivity contribution in [2.45, 2.75) is 18.9 Å². The number of hydrogen-bond donors (Lipinski definition) is 0. The second-order valence-corrected chi connectivity index (χ2v) is 5.07. The van der Waals surface area contributed by atoms with Gasteiger partial charge in [0, 0.05) is 17.8 Å². The van der Waals surface area contributed by atoms with E-state index < -0.39 is 12.5 Å². The molecule has 1 heterocycles. The Kier molecular flexibility index (Phi) is 3.57. The molecule has 0 radical (unpaired) electrons. The van der Waals surface area contributed by atoms with E-state index in [0.29, 0.717) is 12.2 Å². The summed E-state index contributed by atoms with van der Waals surface area (Å²) in [6, 6.07) is 16.0. The predicted octanol–water partition coefficient (Wildman–Crippen LogP) is 4.25. The standard InChI is InChI=1S/C17H14F2N2/c18-17(19)13-5-3-6-14(10-13)21-9-8-12-4-1-2-7-15(12)16(21)11-20/h1-7,10,16-17H,8-9H2. The Balaban J connectivity index is 2.00. The van der Waals surface area contributed by atoms with E-state index in [1.807, 2.05) is 29.2 Å². The molecule has 3 rings (SSSR count). The Morgan fingerprint density at radius 2 is 1.95 bits per heavy atom. The fraction of sp³-hybridized carbons (Fsp3) is 0.235. The molecule has 0 saturated carbocycles. The summed E-state index contributed by atoms with van der Waals surface area (Å²) < 4.78 is 25.7. The van der Waals surface area contributed by atoms with Crippen LogP contribution < -0.4 is 4.90 Å². The maximum absolute atomic E-state index is 12.8. The number of anilines is 1. The zero-order valence-electron chi connectivity index (χ0n) is 11.3. The van der Waals surface area contributed by atoms with E-state index in [2.05, 4.69) is 6.07 Å². The smallest absolute Gasteiger partial charge is 0.263 e. The third-order valence-corrected chi connectivity index (χ3v) is 3.86. The van der Waals surface area contributed by atoms with E-state index in [9.17, 15) is 14.0 Å². The monoisotopic (exact) mass is 284 g/mol. The van der Waals surface area contributed by atoms with Crippen LogP contribution in [0.15, 0.2) is 48.5 Å². The van der Waals surface area contributed by atoms with E-state index in [1.165, 1.54) is 12.1 Å². The minimum absolute atomic E-state index is 0.0111. The minimum Gasteiger partial charge on any atom is -0.352 e. The second-order valence-electron chi connectivity index (χ2n) is 5.07. The number of fused-ring (bicyclic) bond motifs is 1. The van der Waals surface area contributed by atoms with Gasteiger partial charge in [0.15, 0.2) is 0 Å². The largest absolute Gasteiger partial charge is 0.352 e. The Bertz CT molecular complexity index is 691. The van der Waals surface area contributed by atoms with Gasteiger partial charge in [-0.2, -0.15) is 5.26 Å². The maximum atomic E-state index is 12.8. The molecule has 0 aromatic heterocycles. The Morgan fingerprint density at radius 1 is 1.14 bits per heavy atom. The average molecular weight is 284 g/mol. The fourth-order valence-corrected chi connectivity index (χ4v) is 2.82. The zero-order chi connectivity index (χ0) is 14.8. The number of nitrogens with zero attached hydrogens (tertiary/aromatic N) is 2. The van der Waals surface area contributed by atoms with Crippen molar-refractivity contribution < 1.29 is 8.78 Å². The van der Waals surface area contributed by atoms with E-state index in [4.69, 9.17) is 0 Å². The summed E-state index contributed by atoms with van der Waals surface area (Å²) >= 11 is 0. The summed E-state index contributed by atoms with van der Waals surface area (Å²) in [5.41, 5.74) is 2.79. The van der Waals surface area contributed by atoms with Crippen LogP contribution >= 0.6 is 0 Å². The molecular weight excluding hydrogens is 270 g/mol. The SMILES string of the molecule is N#CC1c2ccccc2CCN1c1cccc(C(F)F)c1. The van der Waals surface area contributed by atoms with Crippen LogP contribution in [0.25, 0.3) is 0 Å². The number of halogens is 2. The minimum atomic E-state index is -2.50. The lowest BCUT2D eigenvalue weighted by atomic mass is 9.93. The van der Waals surface area contributed by atoms with Gasteiger partial charge < -0.3 is 4.90 Å². The molecule has 2 nitrogen and oxygen atoms in total. The Morgan fingerprint density at radius 3 is 2.71 bits per heavy atom. The third-order valence-electron chi connectivity index (χ3n) is 3.86. The van der Waals surface area contributed by atoms with Crippen LogP contribution in [-0.2, 0) is 6.42 Å². The van der Waals surface area contributed by atoms with Crippen LogP contribution in [-0.4, -0.2) is 6.54 Å². The van der Waals surface area contributed by atoms with Gasteiger partial charge in [0.1, 0.15) is 6.04 Å². The normalized spacial score (nSPS) is 17.4. The van der Waals surface area contributed by atoms with Crippen LogP contribution in [0.3, 0.4) is 0 Å². The first-order valence-electron chi connectivity index (χ1n) is 6.83. The molecule has 0 bridgehead atoms. The number of nitriles is 1. The molecule has 4 heteroatoms. The lowest BCUT2D eigenvalue weighted by molar-refractivity contribution is 0.151. The van der Waals surface area contributed by atoms with E-state index >= 15 is 0 Å². The summed E-state index contributed by atoms with van der Waals surface area (Å²) in [7, 11) is 0. The summed E-state index contributed by atoms with van der Waals surface area (Å²) in [5, 5.41) is 9.51. The van der Waals surface area contributed by atoms with Gasteiger partial charge in [0.2, 0.25) is 0 Å². The second kappa shape index (κ2) is 5.53. The quantitative estimate of drug-likeness (QED) is 0.824. The summed E-state index contributed by atoms with van der Waals surface area (Å²) in [6.07, 6.45) is -1.68. The first kappa shape index (κ1) is 13.6. The van der Waals surface area contributed by atoms with Crippen LogP contribution in [0.1, 0.15) is 29.2 Å². The van der Waals surface area contributed by atoms with Gasteiger partial charge in [-0.3, -0.25) is 0 Å². The van der Waals surface area contributed by atoms with Crippen molar-refractivity contribution in [2.75, 3.05) is 11.4 Å². The van der Waals surface area contributed by atoms with Crippen LogP contribution in [0, 0.1) is 11.3 Å². The molecule has 1 aliphatic rings. The van der Waals surface area contributed by atoms with Gasteiger partial charge in [0.05, 0.1) is 6.07 Å². The first-order valence-corrected chi connectivity index (χ1v) is 6.83.